The molecule has 2 unspecified atom stereocenters. The molecule has 25 heavy (non-hydrogen) atoms. The van der Waals surface area contributed by atoms with Crippen molar-refractivity contribution in [1.29, 1.82) is 0 Å². The van der Waals surface area contributed by atoms with Gasteiger partial charge in [0.1, 0.15) is 5.82 Å². The van der Waals surface area contributed by atoms with E-state index >= 15 is 0 Å². The highest BCUT2D eigenvalue weighted by Gasteiger charge is 2.34. The topological polar surface area (TPSA) is 66.6 Å². The molecule has 0 spiro atoms. The smallest absolute Gasteiger partial charge is 0.231 e. The Bertz CT molecular complexity index is 620. The van der Waals surface area contributed by atoms with Crippen LogP contribution in [0.25, 0.3) is 0 Å². The second kappa shape index (κ2) is 7.95. The highest BCUT2D eigenvalue weighted by molar-refractivity contribution is 5.80. The summed E-state index contributed by atoms with van der Waals surface area (Å²) in [5.74, 6) is -0.542. The number of amides is 2. The van der Waals surface area contributed by atoms with Crippen LogP contribution in [-0.4, -0.2) is 47.8 Å². The van der Waals surface area contributed by atoms with E-state index in [1.807, 2.05) is 9.80 Å². The minimum atomic E-state index is -0.352. The number of nitrogens with zero attached hydrogens (tertiary/aromatic N) is 2. The highest BCUT2D eigenvalue weighted by atomic mass is 19.1. The molecule has 5 nitrogen and oxygen atoms in total. The van der Waals surface area contributed by atoms with Gasteiger partial charge in [0.05, 0.1) is 18.5 Å². The Balaban J connectivity index is 1.72. The zero-order valence-corrected chi connectivity index (χ0v) is 14.5. The molecule has 136 valence electrons. The lowest BCUT2D eigenvalue weighted by atomic mass is 9.91. The van der Waals surface area contributed by atoms with Crippen molar-refractivity contribution in [1.82, 2.24) is 9.80 Å². The predicted molar refractivity (Wildman–Crippen MR) is 93.1 cm³/mol. The molecule has 0 saturated carbocycles. The Labute approximate surface area is 148 Å². The van der Waals surface area contributed by atoms with Crippen molar-refractivity contribution < 1.29 is 14.0 Å². The molecule has 1 aromatic carbocycles. The molecule has 2 saturated heterocycles. The third kappa shape index (κ3) is 4.37. The summed E-state index contributed by atoms with van der Waals surface area (Å²) in [5.41, 5.74) is 6.29. The number of carbonyl (C=O) groups is 2. The SMILES string of the molecule is NC(=O)CN1CCCC(C(=O)N2CCCCC2c2ccc(F)cc2)C1. The van der Waals surface area contributed by atoms with E-state index in [9.17, 15) is 14.0 Å². The van der Waals surface area contributed by atoms with Gasteiger partial charge >= 0.3 is 0 Å². The van der Waals surface area contributed by atoms with Crippen molar-refractivity contribution in [3.8, 4) is 0 Å². The summed E-state index contributed by atoms with van der Waals surface area (Å²) in [6.45, 7) is 2.36. The lowest BCUT2D eigenvalue weighted by molar-refractivity contribution is -0.142. The average molecular weight is 347 g/mol. The molecule has 2 N–H and O–H groups in total. The fourth-order valence-corrected chi connectivity index (χ4v) is 4.08. The number of hydrogen-bond acceptors (Lipinski definition) is 3. The number of nitrogens with two attached hydrogens (primary N) is 1. The van der Waals surface area contributed by atoms with E-state index in [1.54, 1.807) is 12.1 Å². The van der Waals surface area contributed by atoms with Crippen LogP contribution in [0.1, 0.15) is 43.7 Å². The van der Waals surface area contributed by atoms with Crippen LogP contribution >= 0.6 is 0 Å². The number of carbonyl (C=O) groups excluding carboxylic acids is 2. The van der Waals surface area contributed by atoms with E-state index < -0.39 is 0 Å². The monoisotopic (exact) mass is 347 g/mol. The third-order valence-electron chi connectivity index (χ3n) is 5.27. The molecule has 6 heteroatoms. The highest BCUT2D eigenvalue weighted by Crippen LogP contribution is 2.33. The Morgan fingerprint density at radius 2 is 1.84 bits per heavy atom. The Morgan fingerprint density at radius 1 is 1.08 bits per heavy atom. The molecule has 2 heterocycles. The summed E-state index contributed by atoms with van der Waals surface area (Å²) in [6.07, 6.45) is 4.74. The van der Waals surface area contributed by atoms with Crippen molar-refractivity contribution >= 4 is 11.8 Å². The zero-order valence-electron chi connectivity index (χ0n) is 14.5. The Hall–Kier alpha value is -1.95. The van der Waals surface area contributed by atoms with Crippen LogP contribution in [0.15, 0.2) is 24.3 Å². The van der Waals surface area contributed by atoms with Gasteiger partial charge in [0, 0.05) is 13.1 Å². The predicted octanol–water partition coefficient (Wildman–Crippen LogP) is 2.08. The van der Waals surface area contributed by atoms with Gasteiger partial charge in [-0.2, -0.15) is 0 Å². The standard InChI is InChI=1S/C19H26FN3O2/c20-16-8-6-14(7-9-16)17-5-1-2-11-23(17)19(25)15-4-3-10-22(12-15)13-18(21)24/h6-9,15,17H,1-5,10-13H2,(H2,21,24). The molecule has 2 atom stereocenters. The van der Waals surface area contributed by atoms with Gasteiger partial charge in [0.25, 0.3) is 0 Å². The van der Waals surface area contributed by atoms with E-state index in [1.165, 1.54) is 12.1 Å². The van der Waals surface area contributed by atoms with E-state index in [-0.39, 0.29) is 36.1 Å². The number of hydrogen-bond donors (Lipinski definition) is 1. The minimum Gasteiger partial charge on any atom is -0.369 e. The van der Waals surface area contributed by atoms with Gasteiger partial charge in [-0.15, -0.1) is 0 Å². The van der Waals surface area contributed by atoms with Gasteiger partial charge in [0.15, 0.2) is 0 Å². The summed E-state index contributed by atoms with van der Waals surface area (Å²) < 4.78 is 13.2. The number of likely N-dealkylation sites (tertiary alicyclic amines) is 2. The summed E-state index contributed by atoms with van der Waals surface area (Å²) in [4.78, 5) is 28.3. The van der Waals surface area contributed by atoms with Crippen molar-refractivity contribution in [2.75, 3.05) is 26.2 Å². The van der Waals surface area contributed by atoms with E-state index in [0.717, 1.165) is 50.8 Å². The van der Waals surface area contributed by atoms with Gasteiger partial charge in [-0.05, 0) is 56.3 Å². The van der Waals surface area contributed by atoms with Crippen molar-refractivity contribution in [2.45, 2.75) is 38.1 Å². The van der Waals surface area contributed by atoms with Crippen molar-refractivity contribution in [3.05, 3.63) is 35.6 Å². The number of primary amides is 1. The number of benzene rings is 1. The molecule has 0 bridgehead atoms. The molecule has 0 aliphatic carbocycles. The summed E-state index contributed by atoms with van der Waals surface area (Å²) in [5, 5.41) is 0. The first-order valence-electron chi connectivity index (χ1n) is 9.11. The van der Waals surface area contributed by atoms with Gasteiger partial charge in [-0.1, -0.05) is 12.1 Å². The lowest BCUT2D eigenvalue weighted by Crippen LogP contribution is -2.48. The molecular formula is C19H26FN3O2. The largest absolute Gasteiger partial charge is 0.369 e. The quantitative estimate of drug-likeness (QED) is 0.907. The Kier molecular flexibility index (Phi) is 5.68. The van der Waals surface area contributed by atoms with Crippen LogP contribution in [-0.2, 0) is 9.59 Å². The number of halogens is 1. The van der Waals surface area contributed by atoms with Crippen molar-refractivity contribution in [2.24, 2.45) is 11.7 Å². The van der Waals surface area contributed by atoms with Gasteiger partial charge in [-0.25, -0.2) is 4.39 Å². The molecule has 2 aliphatic rings. The van der Waals surface area contributed by atoms with Crippen LogP contribution in [0.2, 0.25) is 0 Å². The molecule has 0 radical (unpaired) electrons. The summed E-state index contributed by atoms with van der Waals surface area (Å²) in [7, 11) is 0. The number of rotatable bonds is 4. The molecular weight excluding hydrogens is 321 g/mol. The van der Waals surface area contributed by atoms with Crippen LogP contribution in [0.4, 0.5) is 4.39 Å². The molecule has 0 aromatic heterocycles. The lowest BCUT2D eigenvalue weighted by Gasteiger charge is -2.40. The van der Waals surface area contributed by atoms with E-state index in [4.69, 9.17) is 5.73 Å². The first-order valence-corrected chi connectivity index (χ1v) is 9.11. The first kappa shape index (κ1) is 17.9. The average Bonchev–Trinajstić information content (AvgIpc) is 2.61. The zero-order chi connectivity index (χ0) is 17.8. The van der Waals surface area contributed by atoms with Crippen LogP contribution in [0.3, 0.4) is 0 Å². The first-order chi connectivity index (χ1) is 12.0. The second-order valence-corrected chi connectivity index (χ2v) is 7.14. The van der Waals surface area contributed by atoms with Crippen LogP contribution in [0.5, 0.6) is 0 Å². The molecule has 2 fully saturated rings. The molecule has 2 aliphatic heterocycles. The van der Waals surface area contributed by atoms with Crippen LogP contribution < -0.4 is 5.73 Å². The molecule has 1 aromatic rings. The maximum atomic E-state index is 13.2. The maximum Gasteiger partial charge on any atom is 0.231 e. The van der Waals surface area contributed by atoms with Crippen LogP contribution in [0, 0.1) is 11.7 Å². The summed E-state index contributed by atoms with van der Waals surface area (Å²) in [6, 6.07) is 6.51. The second-order valence-electron chi connectivity index (χ2n) is 7.14. The minimum absolute atomic E-state index is 0.0216. The fourth-order valence-electron chi connectivity index (χ4n) is 4.08. The Morgan fingerprint density at radius 3 is 2.56 bits per heavy atom. The normalized spacial score (nSPS) is 24.9. The van der Waals surface area contributed by atoms with Crippen molar-refractivity contribution in [3.63, 3.8) is 0 Å². The molecule has 3 rings (SSSR count). The van der Waals surface area contributed by atoms with E-state index in [0.29, 0.717) is 6.54 Å². The fraction of sp³-hybridized carbons (Fsp3) is 0.579. The van der Waals surface area contributed by atoms with Gasteiger partial charge in [-0.3, -0.25) is 14.5 Å². The van der Waals surface area contributed by atoms with Gasteiger partial charge in [0.2, 0.25) is 11.8 Å². The summed E-state index contributed by atoms with van der Waals surface area (Å²) >= 11 is 0. The molecule has 2 amide bonds. The number of piperidine rings is 2. The maximum absolute atomic E-state index is 13.2. The third-order valence-corrected chi connectivity index (χ3v) is 5.27. The van der Waals surface area contributed by atoms with Gasteiger partial charge < -0.3 is 10.6 Å². The van der Waals surface area contributed by atoms with E-state index in [2.05, 4.69) is 0 Å².